The summed E-state index contributed by atoms with van der Waals surface area (Å²) in [6.07, 6.45) is 0.714. The summed E-state index contributed by atoms with van der Waals surface area (Å²) in [5.41, 5.74) is 5.69. The Bertz CT molecular complexity index is 690. The topological polar surface area (TPSA) is 76.7 Å². The number of amides is 1. The van der Waals surface area contributed by atoms with Crippen molar-refractivity contribution in [2.75, 3.05) is 6.61 Å². The number of ether oxygens (including phenoxy) is 1. The largest absolute Gasteiger partial charge is 0.450 e. The highest BCUT2D eigenvalue weighted by molar-refractivity contribution is 6.07. The van der Waals surface area contributed by atoms with Crippen LogP contribution in [0.3, 0.4) is 0 Å². The van der Waals surface area contributed by atoms with Gasteiger partial charge in [0.1, 0.15) is 5.52 Å². The molecule has 1 amide bonds. The molecule has 0 radical (unpaired) electrons. The van der Waals surface area contributed by atoms with Gasteiger partial charge in [-0.15, -0.1) is 0 Å². The van der Waals surface area contributed by atoms with E-state index in [9.17, 15) is 4.79 Å². The summed E-state index contributed by atoms with van der Waals surface area (Å²) >= 11 is 0. The molecule has 6 heteroatoms. The Morgan fingerprint density at radius 3 is 3.10 bits per heavy atom. The van der Waals surface area contributed by atoms with Gasteiger partial charge in [-0.1, -0.05) is 6.92 Å². The lowest BCUT2D eigenvalue weighted by Crippen LogP contribution is -2.31. The summed E-state index contributed by atoms with van der Waals surface area (Å²) in [4.78, 5) is 15.5. The van der Waals surface area contributed by atoms with E-state index < -0.39 is 0 Å². The lowest BCUT2D eigenvalue weighted by molar-refractivity contribution is -0.121. The van der Waals surface area contributed by atoms with Crippen LogP contribution in [-0.4, -0.2) is 23.2 Å². The molecule has 20 heavy (non-hydrogen) atoms. The second-order valence-corrected chi connectivity index (χ2v) is 4.73. The van der Waals surface area contributed by atoms with Crippen molar-refractivity contribution >= 4 is 22.7 Å². The third kappa shape index (κ3) is 2.24. The smallest absolute Gasteiger partial charge is 0.394 e. The minimum atomic E-state index is -0.0533. The van der Waals surface area contributed by atoms with Crippen molar-refractivity contribution in [3.05, 3.63) is 23.8 Å². The Balaban J connectivity index is 1.98. The van der Waals surface area contributed by atoms with Crippen molar-refractivity contribution in [3.63, 3.8) is 0 Å². The first kappa shape index (κ1) is 12.7. The summed E-state index contributed by atoms with van der Waals surface area (Å²) < 4.78 is 10.7. The van der Waals surface area contributed by atoms with E-state index in [4.69, 9.17) is 9.15 Å². The predicted molar refractivity (Wildman–Crippen MR) is 73.6 cm³/mol. The van der Waals surface area contributed by atoms with Crippen LogP contribution in [0.1, 0.15) is 25.8 Å². The van der Waals surface area contributed by atoms with Crippen LogP contribution < -0.4 is 10.2 Å². The first-order chi connectivity index (χ1) is 9.67. The highest BCUT2D eigenvalue weighted by atomic mass is 16.6. The van der Waals surface area contributed by atoms with Gasteiger partial charge >= 0.3 is 6.08 Å². The predicted octanol–water partition coefficient (Wildman–Crippen LogP) is 2.09. The zero-order valence-electron chi connectivity index (χ0n) is 11.3. The molecule has 1 unspecified atom stereocenters. The van der Waals surface area contributed by atoms with Crippen LogP contribution in [0.25, 0.3) is 11.1 Å². The zero-order valence-corrected chi connectivity index (χ0v) is 11.3. The van der Waals surface area contributed by atoms with Gasteiger partial charge in [0.05, 0.1) is 12.3 Å². The number of carbonyl (C=O) groups excluding carboxylic acids is 1. The number of hydrogen-bond acceptors (Lipinski definition) is 5. The van der Waals surface area contributed by atoms with E-state index in [1.807, 2.05) is 32.0 Å². The van der Waals surface area contributed by atoms with Crippen LogP contribution in [0.2, 0.25) is 0 Å². The highest BCUT2D eigenvalue weighted by Gasteiger charge is 2.22. The average Bonchev–Trinajstić information content (AvgIpc) is 2.80. The normalized spacial score (nSPS) is 18.8. The molecule has 2 aromatic rings. The van der Waals surface area contributed by atoms with Crippen molar-refractivity contribution in [3.8, 4) is 6.08 Å². The first-order valence-electron chi connectivity index (χ1n) is 6.57. The van der Waals surface area contributed by atoms with Crippen molar-refractivity contribution in [2.24, 2.45) is 11.0 Å². The number of aromatic nitrogens is 1. The number of fused-ring (bicyclic) bond motifs is 1. The zero-order chi connectivity index (χ0) is 14.1. The van der Waals surface area contributed by atoms with Gasteiger partial charge in [-0.25, -0.2) is 5.43 Å². The van der Waals surface area contributed by atoms with Crippen molar-refractivity contribution in [1.82, 2.24) is 10.4 Å². The fourth-order valence-electron chi connectivity index (χ4n) is 2.25. The summed E-state index contributed by atoms with van der Waals surface area (Å²) in [5, 5.41) is 4.14. The van der Waals surface area contributed by atoms with Crippen LogP contribution in [0, 0.1) is 5.92 Å². The molecule has 1 atom stereocenters. The molecule has 1 aliphatic heterocycles. The van der Waals surface area contributed by atoms with Gasteiger partial charge in [0.2, 0.25) is 5.91 Å². The number of hydrogen-bond donors (Lipinski definition) is 1. The number of nitrogens with zero attached hydrogens (tertiary/aromatic N) is 2. The molecule has 0 saturated heterocycles. The van der Waals surface area contributed by atoms with Gasteiger partial charge in [-0.05, 0) is 25.1 Å². The maximum atomic E-state index is 11.3. The number of rotatable bonds is 3. The Labute approximate surface area is 115 Å². The third-order valence-electron chi connectivity index (χ3n) is 3.19. The number of benzene rings is 1. The van der Waals surface area contributed by atoms with Gasteiger partial charge in [-0.3, -0.25) is 4.79 Å². The molecule has 2 heterocycles. The molecular formula is C14H15N3O3. The Kier molecular flexibility index (Phi) is 3.14. The van der Waals surface area contributed by atoms with Crippen molar-refractivity contribution < 1.29 is 13.9 Å². The van der Waals surface area contributed by atoms with E-state index in [-0.39, 0.29) is 17.9 Å². The molecular weight excluding hydrogens is 258 g/mol. The Morgan fingerprint density at radius 2 is 2.35 bits per heavy atom. The van der Waals surface area contributed by atoms with Gasteiger partial charge < -0.3 is 9.15 Å². The monoisotopic (exact) mass is 273 g/mol. The fourth-order valence-corrected chi connectivity index (χ4v) is 2.25. The molecule has 6 nitrogen and oxygen atoms in total. The lowest BCUT2D eigenvalue weighted by Gasteiger charge is -2.18. The molecule has 1 aliphatic rings. The molecule has 1 N–H and O–H groups in total. The number of hydrazone groups is 1. The molecule has 0 fully saturated rings. The van der Waals surface area contributed by atoms with Crippen LogP contribution in [0.4, 0.5) is 0 Å². The molecule has 0 aliphatic carbocycles. The van der Waals surface area contributed by atoms with Crippen LogP contribution >= 0.6 is 0 Å². The maximum absolute atomic E-state index is 11.3. The highest BCUT2D eigenvalue weighted by Crippen LogP contribution is 2.24. The van der Waals surface area contributed by atoms with E-state index in [1.165, 1.54) is 0 Å². The SMILES string of the molecule is CCOc1nc2cc(C3=NNC(=O)CC3C)ccc2o1. The van der Waals surface area contributed by atoms with Gasteiger partial charge in [-0.2, -0.15) is 10.1 Å². The molecule has 0 saturated carbocycles. The number of carbonyl (C=O) groups is 1. The van der Waals surface area contributed by atoms with E-state index >= 15 is 0 Å². The Hall–Kier alpha value is -2.37. The molecule has 104 valence electrons. The van der Waals surface area contributed by atoms with Gasteiger partial charge in [0.25, 0.3) is 0 Å². The summed E-state index contributed by atoms with van der Waals surface area (Å²) in [6, 6.07) is 5.65. The summed E-state index contributed by atoms with van der Waals surface area (Å²) in [5.74, 6) is 0.0295. The van der Waals surface area contributed by atoms with Crippen LogP contribution in [0.5, 0.6) is 6.08 Å². The van der Waals surface area contributed by atoms with Crippen molar-refractivity contribution in [1.29, 1.82) is 0 Å². The molecule has 1 aromatic carbocycles. The van der Waals surface area contributed by atoms with E-state index in [1.54, 1.807) is 0 Å². The number of nitrogens with one attached hydrogen (secondary N) is 1. The average molecular weight is 273 g/mol. The maximum Gasteiger partial charge on any atom is 0.394 e. The second-order valence-electron chi connectivity index (χ2n) is 4.73. The van der Waals surface area contributed by atoms with E-state index in [0.29, 0.717) is 18.6 Å². The molecule has 0 bridgehead atoms. The minimum Gasteiger partial charge on any atom is -0.450 e. The van der Waals surface area contributed by atoms with Gasteiger partial charge in [0.15, 0.2) is 5.58 Å². The van der Waals surface area contributed by atoms with Crippen LogP contribution in [-0.2, 0) is 4.79 Å². The minimum absolute atomic E-state index is 0.0533. The molecule has 0 spiro atoms. The molecule has 3 rings (SSSR count). The first-order valence-corrected chi connectivity index (χ1v) is 6.57. The lowest BCUT2D eigenvalue weighted by atomic mass is 9.94. The molecule has 1 aromatic heterocycles. The standard InChI is InChI=1S/C14H15N3O3/c1-3-19-14-15-10-7-9(4-5-11(10)20-14)13-8(2)6-12(18)16-17-13/h4-5,7-8H,3,6H2,1-2H3,(H,16,18). The second kappa shape index (κ2) is 4.96. The van der Waals surface area contributed by atoms with E-state index in [0.717, 1.165) is 16.8 Å². The van der Waals surface area contributed by atoms with Crippen molar-refractivity contribution in [2.45, 2.75) is 20.3 Å². The van der Waals surface area contributed by atoms with E-state index in [2.05, 4.69) is 15.5 Å². The summed E-state index contributed by atoms with van der Waals surface area (Å²) in [6.45, 7) is 4.37. The number of oxazole rings is 1. The Morgan fingerprint density at radius 1 is 1.50 bits per heavy atom. The third-order valence-corrected chi connectivity index (χ3v) is 3.19. The van der Waals surface area contributed by atoms with Crippen LogP contribution in [0.15, 0.2) is 27.7 Å². The quantitative estimate of drug-likeness (QED) is 0.928. The van der Waals surface area contributed by atoms with Gasteiger partial charge in [0, 0.05) is 17.9 Å². The fraction of sp³-hybridized carbons (Fsp3) is 0.357. The summed E-state index contributed by atoms with van der Waals surface area (Å²) in [7, 11) is 0.